The van der Waals surface area contributed by atoms with E-state index in [-0.39, 0.29) is 5.82 Å². The second kappa shape index (κ2) is 4.39. The molecule has 0 amide bonds. The van der Waals surface area contributed by atoms with Crippen molar-refractivity contribution in [2.75, 3.05) is 43.4 Å². The zero-order valence-corrected chi connectivity index (χ0v) is 8.63. The van der Waals surface area contributed by atoms with Gasteiger partial charge in [0.1, 0.15) is 0 Å². The summed E-state index contributed by atoms with van der Waals surface area (Å²) in [7, 11) is 1.65. The summed E-state index contributed by atoms with van der Waals surface area (Å²) < 4.78 is 13.1. The van der Waals surface area contributed by atoms with Gasteiger partial charge in [-0.3, -0.25) is 0 Å². The summed E-state index contributed by atoms with van der Waals surface area (Å²) in [5, 5.41) is 5.94. The Morgan fingerprint density at radius 3 is 2.87 bits per heavy atom. The Morgan fingerprint density at radius 2 is 2.20 bits per heavy atom. The normalized spacial score (nSPS) is 16.5. The maximum Gasteiger partial charge on any atom is 0.227 e. The first-order valence-corrected chi connectivity index (χ1v) is 4.97. The summed E-state index contributed by atoms with van der Waals surface area (Å²) in [5.74, 6) is 0.414. The first-order chi connectivity index (χ1) is 7.31. The van der Waals surface area contributed by atoms with Crippen LogP contribution in [0.5, 0.6) is 0 Å². The van der Waals surface area contributed by atoms with Crippen LogP contribution >= 0.6 is 0 Å². The molecular weight excluding hydrogens is 197 g/mol. The van der Waals surface area contributed by atoms with Crippen LogP contribution in [0, 0.1) is 5.82 Å². The molecule has 1 aliphatic heterocycles. The van der Waals surface area contributed by atoms with Crippen LogP contribution in [-0.2, 0) is 0 Å². The fraction of sp³-hybridized carbons (Fsp3) is 0.556. The number of halogens is 1. The molecule has 0 saturated carbocycles. The second-order valence-electron chi connectivity index (χ2n) is 3.35. The number of hydrogen-bond acceptors (Lipinski definition) is 5. The molecule has 1 aliphatic rings. The summed E-state index contributed by atoms with van der Waals surface area (Å²) in [6.45, 7) is 3.54. The third-order valence-electron chi connectivity index (χ3n) is 2.37. The SMILES string of the molecule is CNc1nc(N2CCNCC2)ncc1F. The molecule has 6 heteroatoms. The van der Waals surface area contributed by atoms with Crippen LogP contribution in [0.1, 0.15) is 0 Å². The molecule has 82 valence electrons. The summed E-state index contributed by atoms with van der Waals surface area (Å²) in [4.78, 5) is 10.1. The van der Waals surface area contributed by atoms with Crippen molar-refractivity contribution in [3.8, 4) is 0 Å². The van der Waals surface area contributed by atoms with E-state index in [0.717, 1.165) is 26.2 Å². The van der Waals surface area contributed by atoms with Gasteiger partial charge in [-0.2, -0.15) is 4.98 Å². The van der Waals surface area contributed by atoms with Crippen molar-refractivity contribution in [1.82, 2.24) is 15.3 Å². The van der Waals surface area contributed by atoms with Gasteiger partial charge in [-0.05, 0) is 0 Å². The Bertz CT molecular complexity index is 337. The van der Waals surface area contributed by atoms with Crippen molar-refractivity contribution in [3.05, 3.63) is 12.0 Å². The predicted octanol–water partition coefficient (Wildman–Crippen LogP) is 0.0670. The lowest BCUT2D eigenvalue weighted by Crippen LogP contribution is -2.44. The molecule has 1 aromatic heterocycles. The van der Waals surface area contributed by atoms with Crippen LogP contribution < -0.4 is 15.5 Å². The highest BCUT2D eigenvalue weighted by Gasteiger charge is 2.14. The van der Waals surface area contributed by atoms with Gasteiger partial charge in [-0.15, -0.1) is 0 Å². The maximum atomic E-state index is 13.1. The molecular formula is C9H14FN5. The van der Waals surface area contributed by atoms with E-state index >= 15 is 0 Å². The van der Waals surface area contributed by atoms with Gasteiger partial charge < -0.3 is 15.5 Å². The molecule has 0 atom stereocenters. The number of rotatable bonds is 2. The first kappa shape index (κ1) is 10.1. The van der Waals surface area contributed by atoms with Crippen LogP contribution in [0.15, 0.2) is 6.20 Å². The molecule has 1 aromatic rings. The van der Waals surface area contributed by atoms with Gasteiger partial charge in [-0.25, -0.2) is 9.37 Å². The molecule has 0 radical (unpaired) electrons. The monoisotopic (exact) mass is 211 g/mol. The Labute approximate surface area is 87.7 Å². The van der Waals surface area contributed by atoms with Crippen molar-refractivity contribution in [2.24, 2.45) is 0 Å². The molecule has 15 heavy (non-hydrogen) atoms. The van der Waals surface area contributed by atoms with Gasteiger partial charge in [-0.1, -0.05) is 0 Å². The lowest BCUT2D eigenvalue weighted by molar-refractivity contribution is 0.573. The number of piperazine rings is 1. The van der Waals surface area contributed by atoms with Crippen molar-refractivity contribution in [1.29, 1.82) is 0 Å². The molecule has 0 spiro atoms. The Kier molecular flexibility index (Phi) is 2.96. The molecule has 0 bridgehead atoms. The summed E-state index contributed by atoms with van der Waals surface area (Å²) >= 11 is 0. The Morgan fingerprint density at radius 1 is 1.47 bits per heavy atom. The van der Waals surface area contributed by atoms with Crippen molar-refractivity contribution >= 4 is 11.8 Å². The molecule has 2 N–H and O–H groups in total. The van der Waals surface area contributed by atoms with E-state index in [2.05, 4.69) is 20.6 Å². The van der Waals surface area contributed by atoms with Gasteiger partial charge in [0.15, 0.2) is 11.6 Å². The summed E-state index contributed by atoms with van der Waals surface area (Å²) in [5.41, 5.74) is 0. The summed E-state index contributed by atoms with van der Waals surface area (Å²) in [6, 6.07) is 0. The van der Waals surface area contributed by atoms with Crippen molar-refractivity contribution < 1.29 is 4.39 Å². The molecule has 1 saturated heterocycles. The van der Waals surface area contributed by atoms with Crippen LogP contribution in [0.25, 0.3) is 0 Å². The number of aromatic nitrogens is 2. The highest BCUT2D eigenvalue weighted by Crippen LogP contribution is 2.14. The summed E-state index contributed by atoms with van der Waals surface area (Å²) in [6.07, 6.45) is 1.20. The molecule has 0 unspecified atom stereocenters. The molecule has 5 nitrogen and oxygen atoms in total. The van der Waals surface area contributed by atoms with E-state index in [1.165, 1.54) is 6.20 Å². The van der Waals surface area contributed by atoms with Gasteiger partial charge in [0.25, 0.3) is 0 Å². The van der Waals surface area contributed by atoms with Crippen molar-refractivity contribution in [3.63, 3.8) is 0 Å². The van der Waals surface area contributed by atoms with Crippen LogP contribution in [0.3, 0.4) is 0 Å². The van der Waals surface area contributed by atoms with E-state index in [1.807, 2.05) is 4.90 Å². The fourth-order valence-electron chi connectivity index (χ4n) is 1.55. The molecule has 0 aromatic carbocycles. The smallest absolute Gasteiger partial charge is 0.227 e. The van der Waals surface area contributed by atoms with Gasteiger partial charge in [0, 0.05) is 33.2 Å². The topological polar surface area (TPSA) is 53.1 Å². The third-order valence-corrected chi connectivity index (χ3v) is 2.37. The number of nitrogens with zero attached hydrogens (tertiary/aromatic N) is 3. The number of nitrogens with one attached hydrogen (secondary N) is 2. The zero-order chi connectivity index (χ0) is 10.7. The molecule has 0 aliphatic carbocycles. The van der Waals surface area contributed by atoms with E-state index in [4.69, 9.17) is 0 Å². The Hall–Kier alpha value is -1.43. The largest absolute Gasteiger partial charge is 0.371 e. The minimum absolute atomic E-state index is 0.249. The minimum Gasteiger partial charge on any atom is -0.371 e. The standard InChI is InChI=1S/C9H14FN5/c1-11-8-7(10)6-13-9(14-8)15-4-2-12-3-5-15/h6,12H,2-5H2,1H3,(H,11,13,14). The number of anilines is 2. The highest BCUT2D eigenvalue weighted by molar-refractivity contribution is 5.42. The molecule has 1 fully saturated rings. The van der Waals surface area contributed by atoms with Crippen LogP contribution in [-0.4, -0.2) is 43.2 Å². The fourth-order valence-corrected chi connectivity index (χ4v) is 1.55. The first-order valence-electron chi connectivity index (χ1n) is 4.97. The second-order valence-corrected chi connectivity index (χ2v) is 3.35. The maximum absolute atomic E-state index is 13.1. The van der Waals surface area contributed by atoms with Crippen LogP contribution in [0.2, 0.25) is 0 Å². The van der Waals surface area contributed by atoms with Gasteiger partial charge >= 0.3 is 0 Å². The molecule has 2 heterocycles. The quantitative estimate of drug-likeness (QED) is 0.725. The lowest BCUT2D eigenvalue weighted by atomic mass is 10.4. The number of hydrogen-bond donors (Lipinski definition) is 2. The zero-order valence-electron chi connectivity index (χ0n) is 8.63. The van der Waals surface area contributed by atoms with Gasteiger partial charge in [0.05, 0.1) is 6.20 Å². The minimum atomic E-state index is -0.420. The predicted molar refractivity (Wildman–Crippen MR) is 56.6 cm³/mol. The average Bonchev–Trinajstić information content (AvgIpc) is 2.31. The average molecular weight is 211 g/mol. The highest BCUT2D eigenvalue weighted by atomic mass is 19.1. The van der Waals surface area contributed by atoms with E-state index in [9.17, 15) is 4.39 Å². The van der Waals surface area contributed by atoms with E-state index < -0.39 is 5.82 Å². The van der Waals surface area contributed by atoms with Crippen LogP contribution in [0.4, 0.5) is 16.2 Å². The van der Waals surface area contributed by atoms with E-state index in [1.54, 1.807) is 7.05 Å². The molecule has 2 rings (SSSR count). The Balaban J connectivity index is 2.20. The van der Waals surface area contributed by atoms with E-state index in [0.29, 0.717) is 5.95 Å². The van der Waals surface area contributed by atoms with Crippen molar-refractivity contribution in [2.45, 2.75) is 0 Å². The van der Waals surface area contributed by atoms with Gasteiger partial charge in [0.2, 0.25) is 5.95 Å². The lowest BCUT2D eigenvalue weighted by Gasteiger charge is -2.27. The third kappa shape index (κ3) is 2.15.